The second-order valence-electron chi connectivity index (χ2n) is 10.3. The summed E-state index contributed by atoms with van der Waals surface area (Å²) < 4.78 is 6.53. The molecule has 9 nitrogen and oxygen atoms in total. The Labute approximate surface area is 222 Å². The van der Waals surface area contributed by atoms with Gasteiger partial charge in [0.25, 0.3) is 5.91 Å². The van der Waals surface area contributed by atoms with Crippen molar-refractivity contribution in [3.05, 3.63) is 65.9 Å². The summed E-state index contributed by atoms with van der Waals surface area (Å²) in [7, 11) is 0. The molecule has 1 saturated carbocycles. The maximum absolute atomic E-state index is 13.5. The van der Waals surface area contributed by atoms with E-state index >= 15 is 0 Å². The monoisotopic (exact) mass is 518 g/mol. The SMILES string of the molecule is Cc1cccc(C(=O)Nc2ccc(-n3cc(OC(=O)O)c(N(C(=O)C4CCC(C)CC4)C(C)C)n3)cc2)c1. The summed E-state index contributed by atoms with van der Waals surface area (Å²) >= 11 is 0. The summed E-state index contributed by atoms with van der Waals surface area (Å²) in [4.78, 5) is 39.1. The van der Waals surface area contributed by atoms with E-state index in [1.54, 1.807) is 35.2 Å². The molecule has 0 unspecified atom stereocenters. The molecular weight excluding hydrogens is 484 g/mol. The zero-order chi connectivity index (χ0) is 27.4. The lowest BCUT2D eigenvalue weighted by Gasteiger charge is -2.32. The number of carboxylic acid groups (broad SMARTS) is 1. The van der Waals surface area contributed by atoms with E-state index in [2.05, 4.69) is 17.3 Å². The molecule has 1 aliphatic carbocycles. The van der Waals surface area contributed by atoms with Gasteiger partial charge in [0.2, 0.25) is 11.7 Å². The van der Waals surface area contributed by atoms with Crippen molar-refractivity contribution in [1.29, 1.82) is 0 Å². The van der Waals surface area contributed by atoms with Crippen LogP contribution in [0.3, 0.4) is 0 Å². The number of nitrogens with one attached hydrogen (secondary N) is 1. The standard InChI is InChI=1S/C29H34N4O5/c1-18(2)33(28(35)21-10-8-19(3)9-11-21)26-25(38-29(36)37)17-32(31-26)24-14-12-23(13-15-24)30-27(34)22-7-5-6-20(4)16-22/h5-7,12-19,21H,8-11H2,1-4H3,(H,30,34)(H,36,37). The van der Waals surface area contributed by atoms with E-state index in [1.165, 1.54) is 10.9 Å². The molecule has 2 amide bonds. The van der Waals surface area contributed by atoms with Crippen LogP contribution in [0.15, 0.2) is 54.7 Å². The summed E-state index contributed by atoms with van der Waals surface area (Å²) in [5, 5.41) is 16.8. The minimum Gasteiger partial charge on any atom is -0.449 e. The number of ether oxygens (including phenoxy) is 1. The summed E-state index contributed by atoms with van der Waals surface area (Å²) in [6.07, 6.45) is 3.55. The van der Waals surface area contributed by atoms with Gasteiger partial charge in [-0.05, 0) is 88.8 Å². The molecule has 0 atom stereocenters. The van der Waals surface area contributed by atoms with Crippen LogP contribution in [0.25, 0.3) is 5.69 Å². The Morgan fingerprint density at radius 1 is 1.08 bits per heavy atom. The predicted octanol–water partition coefficient (Wildman–Crippen LogP) is 6.06. The van der Waals surface area contributed by atoms with E-state index in [1.807, 2.05) is 39.0 Å². The van der Waals surface area contributed by atoms with Crippen molar-refractivity contribution in [2.45, 2.75) is 59.4 Å². The Morgan fingerprint density at radius 2 is 1.76 bits per heavy atom. The van der Waals surface area contributed by atoms with Crippen molar-refractivity contribution in [2.24, 2.45) is 11.8 Å². The van der Waals surface area contributed by atoms with Gasteiger partial charge in [-0.15, -0.1) is 5.10 Å². The number of nitrogens with zero attached hydrogens (tertiary/aromatic N) is 3. The van der Waals surface area contributed by atoms with Crippen molar-refractivity contribution in [1.82, 2.24) is 9.78 Å². The molecular formula is C29H34N4O5. The minimum atomic E-state index is -1.48. The lowest BCUT2D eigenvalue weighted by Crippen LogP contribution is -2.42. The smallest absolute Gasteiger partial charge is 0.449 e. The largest absolute Gasteiger partial charge is 0.511 e. The number of benzene rings is 2. The van der Waals surface area contributed by atoms with Crippen molar-refractivity contribution in [3.8, 4) is 11.4 Å². The Bertz CT molecular complexity index is 1310. The Kier molecular flexibility index (Phi) is 8.14. The normalized spacial score (nSPS) is 17.2. The summed E-state index contributed by atoms with van der Waals surface area (Å²) in [5.41, 5.74) is 2.77. The van der Waals surface area contributed by atoms with Crippen molar-refractivity contribution in [2.75, 3.05) is 10.2 Å². The highest BCUT2D eigenvalue weighted by Crippen LogP contribution is 2.35. The van der Waals surface area contributed by atoms with E-state index in [0.717, 1.165) is 31.2 Å². The van der Waals surface area contributed by atoms with Crippen molar-refractivity contribution < 1.29 is 24.2 Å². The van der Waals surface area contributed by atoms with E-state index in [4.69, 9.17) is 4.74 Å². The minimum absolute atomic E-state index is 0.0134. The molecule has 0 radical (unpaired) electrons. The number of amides is 2. The molecule has 2 aromatic carbocycles. The molecule has 3 aromatic rings. The summed E-state index contributed by atoms with van der Waals surface area (Å²) in [6, 6.07) is 14.0. The molecule has 0 spiro atoms. The average molecular weight is 519 g/mol. The first-order chi connectivity index (χ1) is 18.1. The Balaban J connectivity index is 1.59. The third kappa shape index (κ3) is 6.22. The molecule has 9 heteroatoms. The maximum atomic E-state index is 13.5. The van der Waals surface area contributed by atoms with Gasteiger partial charge in [-0.1, -0.05) is 24.6 Å². The molecule has 0 aliphatic heterocycles. The average Bonchev–Trinajstić information content (AvgIpc) is 3.27. The number of rotatable bonds is 7. The highest BCUT2D eigenvalue weighted by molar-refractivity contribution is 6.04. The van der Waals surface area contributed by atoms with Crippen molar-refractivity contribution in [3.63, 3.8) is 0 Å². The quantitative estimate of drug-likeness (QED) is 0.368. The molecule has 2 N–H and O–H groups in total. The molecule has 200 valence electrons. The number of aryl methyl sites for hydroxylation is 1. The topological polar surface area (TPSA) is 114 Å². The van der Waals surface area contributed by atoms with Crippen molar-refractivity contribution >= 4 is 29.5 Å². The van der Waals surface area contributed by atoms with Crippen LogP contribution in [-0.2, 0) is 4.79 Å². The third-order valence-corrected chi connectivity index (χ3v) is 6.88. The fourth-order valence-electron chi connectivity index (χ4n) is 4.81. The molecule has 1 fully saturated rings. The van der Waals surface area contributed by atoms with Crippen LogP contribution in [0.5, 0.6) is 5.75 Å². The number of carbonyl (C=O) groups excluding carboxylic acids is 2. The molecule has 38 heavy (non-hydrogen) atoms. The number of anilines is 2. The number of hydrogen-bond acceptors (Lipinski definition) is 5. The first kappa shape index (κ1) is 26.9. The number of carbonyl (C=O) groups is 3. The Morgan fingerprint density at radius 3 is 2.37 bits per heavy atom. The first-order valence-electron chi connectivity index (χ1n) is 12.9. The van der Waals surface area contributed by atoms with Crippen LogP contribution in [-0.4, -0.2) is 38.9 Å². The van der Waals surface area contributed by atoms with Crippen LogP contribution in [0.4, 0.5) is 16.3 Å². The lowest BCUT2D eigenvalue weighted by atomic mass is 9.82. The molecule has 1 aromatic heterocycles. The van der Waals surface area contributed by atoms with Gasteiger partial charge in [0.1, 0.15) is 0 Å². The number of aromatic nitrogens is 2. The van der Waals surface area contributed by atoms with Gasteiger partial charge < -0.3 is 15.2 Å². The molecule has 1 aliphatic rings. The summed E-state index contributed by atoms with van der Waals surface area (Å²) in [6.45, 7) is 7.87. The Hall–Kier alpha value is -4.14. The van der Waals surface area contributed by atoms with Crippen LogP contribution in [0.1, 0.15) is 62.4 Å². The first-order valence-corrected chi connectivity index (χ1v) is 12.9. The van der Waals surface area contributed by atoms with Gasteiger partial charge in [-0.25, -0.2) is 9.48 Å². The number of hydrogen-bond donors (Lipinski definition) is 2. The van der Waals surface area contributed by atoms with E-state index in [-0.39, 0.29) is 35.3 Å². The maximum Gasteiger partial charge on any atom is 0.511 e. The predicted molar refractivity (Wildman–Crippen MR) is 145 cm³/mol. The van der Waals surface area contributed by atoms with Gasteiger partial charge in [0.15, 0.2) is 5.75 Å². The van der Waals surface area contributed by atoms with Gasteiger partial charge >= 0.3 is 6.16 Å². The molecule has 1 heterocycles. The summed E-state index contributed by atoms with van der Waals surface area (Å²) in [5.74, 6) is 0.335. The lowest BCUT2D eigenvalue weighted by molar-refractivity contribution is -0.124. The molecule has 4 rings (SSSR count). The fraction of sp³-hybridized carbons (Fsp3) is 0.379. The van der Waals surface area contributed by atoms with Gasteiger partial charge in [-0.3, -0.25) is 14.5 Å². The molecule has 0 saturated heterocycles. The van der Waals surface area contributed by atoms with Gasteiger partial charge in [-0.2, -0.15) is 0 Å². The highest BCUT2D eigenvalue weighted by Gasteiger charge is 2.34. The fourth-order valence-corrected chi connectivity index (χ4v) is 4.81. The van der Waals surface area contributed by atoms with Gasteiger partial charge in [0.05, 0.1) is 11.9 Å². The van der Waals surface area contributed by atoms with E-state index in [0.29, 0.717) is 22.9 Å². The van der Waals surface area contributed by atoms with Crippen LogP contribution in [0.2, 0.25) is 0 Å². The van der Waals surface area contributed by atoms with E-state index in [9.17, 15) is 19.5 Å². The zero-order valence-electron chi connectivity index (χ0n) is 22.2. The van der Waals surface area contributed by atoms with Crippen LogP contribution >= 0.6 is 0 Å². The third-order valence-electron chi connectivity index (χ3n) is 6.88. The van der Waals surface area contributed by atoms with Crippen LogP contribution < -0.4 is 15.0 Å². The van der Waals surface area contributed by atoms with Crippen LogP contribution in [0, 0.1) is 18.8 Å². The second-order valence-corrected chi connectivity index (χ2v) is 10.3. The highest BCUT2D eigenvalue weighted by atomic mass is 16.7. The zero-order valence-corrected chi connectivity index (χ0v) is 22.2. The van der Waals surface area contributed by atoms with E-state index < -0.39 is 6.16 Å². The second kappa shape index (κ2) is 11.5. The molecule has 0 bridgehead atoms. The van der Waals surface area contributed by atoms with Gasteiger partial charge in [0, 0.05) is 23.2 Å².